The maximum Gasteiger partial charge on any atom is 0.253 e. The Kier molecular flexibility index (Phi) is 5.77. The van der Waals surface area contributed by atoms with Crippen molar-refractivity contribution in [3.05, 3.63) is 22.8 Å². The normalized spacial score (nSPS) is 11.6. The third kappa shape index (κ3) is 4.35. The number of pyridine rings is 1. The first-order valence-electron chi connectivity index (χ1n) is 6.63. The van der Waals surface area contributed by atoms with Crippen molar-refractivity contribution in [3.63, 3.8) is 0 Å². The molecule has 6 heteroatoms. The fraction of sp³-hybridized carbons (Fsp3) is 0.571. The second-order valence-corrected chi connectivity index (χ2v) is 5.88. The van der Waals surface area contributed by atoms with E-state index in [1.807, 2.05) is 21.0 Å². The van der Waals surface area contributed by atoms with Gasteiger partial charge in [0, 0.05) is 24.8 Å². The molecule has 0 saturated heterocycles. The molecule has 0 saturated carbocycles. The van der Waals surface area contributed by atoms with Crippen LogP contribution in [0, 0.1) is 0 Å². The number of amides is 1. The smallest absolute Gasteiger partial charge is 0.253 e. The quantitative estimate of drug-likeness (QED) is 0.846. The molecule has 0 atom stereocenters. The molecule has 1 heterocycles. The zero-order valence-electron chi connectivity index (χ0n) is 12.7. The van der Waals surface area contributed by atoms with Crippen LogP contribution in [0.1, 0.15) is 31.1 Å². The van der Waals surface area contributed by atoms with Crippen molar-refractivity contribution in [1.82, 2.24) is 15.2 Å². The van der Waals surface area contributed by atoms with E-state index in [9.17, 15) is 4.79 Å². The minimum Gasteiger partial charge on any atom is -0.370 e. The third-order valence-electron chi connectivity index (χ3n) is 3.35. The number of rotatable bonds is 6. The summed E-state index contributed by atoms with van der Waals surface area (Å²) in [5.41, 5.74) is 0.312. The lowest BCUT2D eigenvalue weighted by Gasteiger charge is -2.32. The Balaban J connectivity index is 2.79. The molecule has 0 spiro atoms. The van der Waals surface area contributed by atoms with Crippen LogP contribution in [0.4, 0.5) is 5.82 Å². The summed E-state index contributed by atoms with van der Waals surface area (Å²) in [6.07, 6.45) is 1.49. The maximum atomic E-state index is 12.2. The fourth-order valence-electron chi connectivity index (χ4n) is 1.44. The van der Waals surface area contributed by atoms with Gasteiger partial charge in [0.1, 0.15) is 5.82 Å². The first-order chi connectivity index (χ1) is 9.27. The molecule has 0 fully saturated rings. The number of hydrogen-bond acceptors (Lipinski definition) is 4. The molecule has 0 radical (unpaired) electrons. The van der Waals surface area contributed by atoms with E-state index in [4.69, 9.17) is 11.6 Å². The Morgan fingerprint density at radius 1 is 1.45 bits per heavy atom. The van der Waals surface area contributed by atoms with E-state index in [1.54, 1.807) is 6.07 Å². The summed E-state index contributed by atoms with van der Waals surface area (Å²) in [7, 11) is 3.96. The number of carbonyl (C=O) groups is 1. The Hall–Kier alpha value is -1.33. The van der Waals surface area contributed by atoms with Crippen molar-refractivity contribution in [2.75, 3.05) is 32.5 Å². The molecule has 5 nitrogen and oxygen atoms in total. The van der Waals surface area contributed by atoms with Crippen molar-refractivity contribution in [1.29, 1.82) is 0 Å². The molecule has 112 valence electrons. The molecule has 0 aliphatic heterocycles. The van der Waals surface area contributed by atoms with Gasteiger partial charge in [0.2, 0.25) is 0 Å². The second-order valence-electron chi connectivity index (χ2n) is 5.47. The Labute approximate surface area is 125 Å². The van der Waals surface area contributed by atoms with Gasteiger partial charge in [0.15, 0.2) is 0 Å². The Morgan fingerprint density at radius 3 is 2.65 bits per heavy atom. The molecule has 1 aromatic rings. The number of hydrogen-bond donors (Lipinski definition) is 2. The van der Waals surface area contributed by atoms with Crippen LogP contribution in [0.5, 0.6) is 0 Å². The molecule has 2 N–H and O–H groups in total. The van der Waals surface area contributed by atoms with E-state index in [0.29, 0.717) is 22.9 Å². The highest BCUT2D eigenvalue weighted by Crippen LogP contribution is 2.18. The zero-order valence-corrected chi connectivity index (χ0v) is 13.5. The molecule has 0 aromatic carbocycles. The second kappa shape index (κ2) is 6.90. The van der Waals surface area contributed by atoms with Crippen molar-refractivity contribution >= 4 is 23.3 Å². The maximum absolute atomic E-state index is 12.2. The van der Waals surface area contributed by atoms with E-state index < -0.39 is 0 Å². The molecular formula is C14H23ClN4O. The van der Waals surface area contributed by atoms with E-state index in [-0.39, 0.29) is 11.4 Å². The van der Waals surface area contributed by atoms with Crippen molar-refractivity contribution in [2.24, 2.45) is 0 Å². The zero-order chi connectivity index (χ0) is 15.3. The number of carbonyl (C=O) groups excluding carboxylic acids is 1. The van der Waals surface area contributed by atoms with E-state index >= 15 is 0 Å². The van der Waals surface area contributed by atoms with Crippen LogP contribution < -0.4 is 10.6 Å². The third-order valence-corrected chi connectivity index (χ3v) is 3.65. The van der Waals surface area contributed by atoms with Gasteiger partial charge in [-0.2, -0.15) is 0 Å². The number of anilines is 1. The molecule has 0 aliphatic rings. The highest BCUT2D eigenvalue weighted by Gasteiger charge is 2.22. The first kappa shape index (κ1) is 16.7. The van der Waals surface area contributed by atoms with E-state index in [1.165, 1.54) is 6.20 Å². The highest BCUT2D eigenvalue weighted by molar-refractivity contribution is 6.33. The molecule has 0 aliphatic carbocycles. The summed E-state index contributed by atoms with van der Waals surface area (Å²) >= 11 is 6.04. The van der Waals surface area contributed by atoms with Crippen molar-refractivity contribution in [3.8, 4) is 0 Å². The SMILES string of the molecule is CCNc1cc(C(=O)NCC(C)(C)N(C)C)c(Cl)cn1. The predicted molar refractivity (Wildman–Crippen MR) is 83.5 cm³/mol. The lowest BCUT2D eigenvalue weighted by molar-refractivity contribution is 0.0920. The number of nitrogens with one attached hydrogen (secondary N) is 2. The molecule has 1 aromatic heterocycles. The van der Waals surface area contributed by atoms with Crippen LogP contribution in [-0.4, -0.2) is 48.5 Å². The predicted octanol–water partition coefficient (Wildman–Crippen LogP) is 2.24. The van der Waals surface area contributed by atoms with Crippen LogP contribution in [0.25, 0.3) is 0 Å². The van der Waals surface area contributed by atoms with E-state index in [2.05, 4.69) is 34.4 Å². The Bertz CT molecular complexity index is 474. The summed E-state index contributed by atoms with van der Waals surface area (Å²) in [4.78, 5) is 18.4. The van der Waals surface area contributed by atoms with Crippen molar-refractivity contribution in [2.45, 2.75) is 26.3 Å². The van der Waals surface area contributed by atoms with Gasteiger partial charge in [-0.1, -0.05) is 11.6 Å². The summed E-state index contributed by atoms with van der Waals surface area (Å²) < 4.78 is 0. The van der Waals surface area contributed by atoms with Gasteiger partial charge in [-0.05, 0) is 40.9 Å². The van der Waals surface area contributed by atoms with Gasteiger partial charge >= 0.3 is 0 Å². The van der Waals surface area contributed by atoms with Crippen LogP contribution in [0.2, 0.25) is 5.02 Å². The largest absolute Gasteiger partial charge is 0.370 e. The lowest BCUT2D eigenvalue weighted by atomic mass is 10.0. The van der Waals surface area contributed by atoms with Gasteiger partial charge in [0.25, 0.3) is 5.91 Å². The van der Waals surface area contributed by atoms with Crippen LogP contribution in [-0.2, 0) is 0 Å². The number of aromatic nitrogens is 1. The van der Waals surface area contributed by atoms with E-state index in [0.717, 1.165) is 6.54 Å². The molecule has 1 rings (SSSR count). The Morgan fingerprint density at radius 2 is 2.10 bits per heavy atom. The molecular weight excluding hydrogens is 276 g/mol. The molecule has 0 unspecified atom stereocenters. The number of likely N-dealkylation sites (N-methyl/N-ethyl adjacent to an activating group) is 1. The van der Waals surface area contributed by atoms with Gasteiger partial charge in [-0.15, -0.1) is 0 Å². The number of nitrogens with zero attached hydrogens (tertiary/aromatic N) is 2. The topological polar surface area (TPSA) is 57.3 Å². The molecule has 0 bridgehead atoms. The minimum absolute atomic E-state index is 0.125. The molecule has 20 heavy (non-hydrogen) atoms. The van der Waals surface area contributed by atoms with Crippen LogP contribution >= 0.6 is 11.6 Å². The average molecular weight is 299 g/mol. The first-order valence-corrected chi connectivity index (χ1v) is 7.00. The summed E-state index contributed by atoms with van der Waals surface area (Å²) in [5.74, 6) is 0.459. The van der Waals surface area contributed by atoms with Crippen LogP contribution in [0.15, 0.2) is 12.3 Å². The van der Waals surface area contributed by atoms with Gasteiger partial charge < -0.3 is 15.5 Å². The minimum atomic E-state index is -0.188. The van der Waals surface area contributed by atoms with Crippen molar-refractivity contribution < 1.29 is 4.79 Å². The van der Waals surface area contributed by atoms with Gasteiger partial charge in [-0.3, -0.25) is 4.79 Å². The fourth-order valence-corrected chi connectivity index (χ4v) is 1.63. The van der Waals surface area contributed by atoms with Gasteiger partial charge in [0.05, 0.1) is 10.6 Å². The van der Waals surface area contributed by atoms with Crippen LogP contribution in [0.3, 0.4) is 0 Å². The summed E-state index contributed by atoms with van der Waals surface area (Å²) in [5, 5.41) is 6.33. The standard InChI is InChI=1S/C14H23ClN4O/c1-6-16-12-7-10(11(15)8-17-12)13(20)18-9-14(2,3)19(4)5/h7-8H,6,9H2,1-5H3,(H,16,17)(H,18,20). The monoisotopic (exact) mass is 298 g/mol. The average Bonchev–Trinajstić information content (AvgIpc) is 2.38. The summed E-state index contributed by atoms with van der Waals surface area (Å²) in [6, 6.07) is 1.67. The molecule has 1 amide bonds. The highest BCUT2D eigenvalue weighted by atomic mass is 35.5. The lowest BCUT2D eigenvalue weighted by Crippen LogP contribution is -2.48. The van der Waals surface area contributed by atoms with Gasteiger partial charge in [-0.25, -0.2) is 4.98 Å². The number of halogens is 1. The summed E-state index contributed by atoms with van der Waals surface area (Å²) in [6.45, 7) is 7.37.